The topological polar surface area (TPSA) is 59.4 Å². The second kappa shape index (κ2) is 6.16. The van der Waals surface area contributed by atoms with Crippen molar-refractivity contribution in [2.75, 3.05) is 6.61 Å². The molecule has 3 N–H and O–H groups in total. The van der Waals surface area contributed by atoms with E-state index >= 15 is 0 Å². The van der Waals surface area contributed by atoms with Crippen LogP contribution >= 0.6 is 34.8 Å². The monoisotopic (exact) mass is 319 g/mol. The number of hydrogen-bond acceptors (Lipinski definition) is 3. The van der Waals surface area contributed by atoms with Crippen LogP contribution in [-0.4, -0.2) is 11.7 Å². The van der Waals surface area contributed by atoms with Gasteiger partial charge in [0.25, 0.3) is 0 Å². The molecule has 6 heteroatoms. The Labute approximate surface area is 125 Å². The lowest BCUT2D eigenvalue weighted by molar-refractivity contribution is 0.269. The lowest BCUT2D eigenvalue weighted by Crippen LogP contribution is -2.10. The predicted octanol–water partition coefficient (Wildman–Crippen LogP) is 4.29. The van der Waals surface area contributed by atoms with Gasteiger partial charge in [-0.2, -0.15) is 0 Å². The average Bonchev–Trinajstić information content (AvgIpc) is 2.83. The SMILES string of the molecule is NC(CCO)c1ccc(-c2cc(Cl)c(Cl)cc2Cl)o1. The first kappa shape index (κ1) is 14.7. The summed E-state index contributed by atoms with van der Waals surface area (Å²) in [6.07, 6.45) is 0.433. The molecule has 0 spiro atoms. The number of nitrogens with two attached hydrogens (primary N) is 1. The van der Waals surface area contributed by atoms with Crippen LogP contribution in [0.3, 0.4) is 0 Å². The van der Waals surface area contributed by atoms with Gasteiger partial charge in [-0.05, 0) is 30.7 Å². The molecule has 0 bridgehead atoms. The Morgan fingerprint density at radius 2 is 1.79 bits per heavy atom. The van der Waals surface area contributed by atoms with E-state index in [1.165, 1.54) is 0 Å². The van der Waals surface area contributed by atoms with Crippen LogP contribution in [0.1, 0.15) is 18.2 Å². The second-order valence-corrected chi connectivity index (χ2v) is 5.29. The van der Waals surface area contributed by atoms with Crippen molar-refractivity contribution in [3.05, 3.63) is 45.1 Å². The van der Waals surface area contributed by atoms with E-state index in [9.17, 15) is 0 Å². The van der Waals surface area contributed by atoms with Gasteiger partial charge >= 0.3 is 0 Å². The van der Waals surface area contributed by atoms with E-state index in [2.05, 4.69) is 0 Å². The Morgan fingerprint density at radius 3 is 2.47 bits per heavy atom. The lowest BCUT2D eigenvalue weighted by Gasteiger charge is -2.07. The highest BCUT2D eigenvalue weighted by Crippen LogP contribution is 2.36. The molecular weight excluding hydrogens is 309 g/mol. The normalized spacial score (nSPS) is 12.7. The van der Waals surface area contributed by atoms with Crippen LogP contribution in [0, 0.1) is 0 Å². The fourth-order valence-corrected chi connectivity index (χ4v) is 2.33. The highest BCUT2D eigenvalue weighted by molar-refractivity contribution is 6.44. The van der Waals surface area contributed by atoms with Gasteiger partial charge in [0, 0.05) is 12.2 Å². The number of aliphatic hydroxyl groups excluding tert-OH is 1. The first-order valence-corrected chi connectivity index (χ1v) is 6.77. The Bertz CT molecular complexity index is 583. The van der Waals surface area contributed by atoms with Gasteiger partial charge in [0.15, 0.2) is 0 Å². The zero-order valence-corrected chi connectivity index (χ0v) is 12.1. The number of benzene rings is 1. The maximum Gasteiger partial charge on any atom is 0.135 e. The number of furan rings is 1. The van der Waals surface area contributed by atoms with Crippen molar-refractivity contribution in [2.24, 2.45) is 5.73 Å². The fourth-order valence-electron chi connectivity index (χ4n) is 1.69. The summed E-state index contributed by atoms with van der Waals surface area (Å²) in [5.41, 5.74) is 6.51. The molecule has 2 aromatic rings. The van der Waals surface area contributed by atoms with Gasteiger partial charge in [0.2, 0.25) is 0 Å². The Hall–Kier alpha value is -0.710. The minimum Gasteiger partial charge on any atom is -0.459 e. The van der Waals surface area contributed by atoms with Gasteiger partial charge in [-0.3, -0.25) is 0 Å². The molecule has 102 valence electrons. The number of rotatable bonds is 4. The molecular formula is C13H12Cl3NO2. The molecule has 0 saturated heterocycles. The second-order valence-electron chi connectivity index (χ2n) is 4.07. The summed E-state index contributed by atoms with van der Waals surface area (Å²) in [4.78, 5) is 0. The van der Waals surface area contributed by atoms with E-state index in [-0.39, 0.29) is 12.6 Å². The van der Waals surface area contributed by atoms with Crippen LogP contribution in [0.4, 0.5) is 0 Å². The third kappa shape index (κ3) is 3.25. The minimum atomic E-state index is -0.347. The van der Waals surface area contributed by atoms with E-state index in [1.807, 2.05) is 0 Å². The van der Waals surface area contributed by atoms with Gasteiger partial charge in [-0.25, -0.2) is 0 Å². The van der Waals surface area contributed by atoms with Gasteiger partial charge in [-0.15, -0.1) is 0 Å². The van der Waals surface area contributed by atoms with Gasteiger partial charge in [0.05, 0.1) is 21.1 Å². The van der Waals surface area contributed by atoms with Crippen molar-refractivity contribution in [1.29, 1.82) is 0 Å². The van der Waals surface area contributed by atoms with Crippen LogP contribution in [0.2, 0.25) is 15.1 Å². The Morgan fingerprint density at radius 1 is 1.11 bits per heavy atom. The van der Waals surface area contributed by atoms with Gasteiger partial charge in [0.1, 0.15) is 11.5 Å². The molecule has 19 heavy (non-hydrogen) atoms. The molecule has 3 nitrogen and oxygen atoms in total. The van der Waals surface area contributed by atoms with Crippen molar-refractivity contribution < 1.29 is 9.52 Å². The van der Waals surface area contributed by atoms with Crippen molar-refractivity contribution in [3.63, 3.8) is 0 Å². The van der Waals surface area contributed by atoms with Crippen LogP contribution in [0.5, 0.6) is 0 Å². The summed E-state index contributed by atoms with van der Waals surface area (Å²) in [5, 5.41) is 10.1. The van der Waals surface area contributed by atoms with Crippen molar-refractivity contribution >= 4 is 34.8 Å². The molecule has 1 unspecified atom stereocenters. The van der Waals surface area contributed by atoms with E-state index in [4.69, 9.17) is 50.1 Å². The maximum absolute atomic E-state index is 8.86. The van der Waals surface area contributed by atoms with E-state index in [1.54, 1.807) is 24.3 Å². The highest BCUT2D eigenvalue weighted by Gasteiger charge is 2.15. The molecule has 1 aromatic carbocycles. The minimum absolute atomic E-state index is 0.00469. The lowest BCUT2D eigenvalue weighted by atomic mass is 10.1. The fraction of sp³-hybridized carbons (Fsp3) is 0.231. The molecule has 0 aliphatic carbocycles. The van der Waals surface area contributed by atoms with Crippen molar-refractivity contribution in [2.45, 2.75) is 12.5 Å². The molecule has 2 rings (SSSR count). The molecule has 0 radical (unpaired) electrons. The summed E-state index contributed by atoms with van der Waals surface area (Å²) in [7, 11) is 0. The van der Waals surface area contributed by atoms with Gasteiger partial charge < -0.3 is 15.3 Å². The number of hydrogen-bond donors (Lipinski definition) is 2. The molecule has 0 amide bonds. The first-order chi connectivity index (χ1) is 9.02. The maximum atomic E-state index is 8.86. The highest BCUT2D eigenvalue weighted by atomic mass is 35.5. The van der Waals surface area contributed by atoms with E-state index in [0.29, 0.717) is 38.6 Å². The third-order valence-electron chi connectivity index (χ3n) is 2.71. The summed E-state index contributed by atoms with van der Waals surface area (Å²) in [6.45, 7) is 0.00469. The molecule has 0 saturated carbocycles. The standard InChI is InChI=1S/C13H12Cl3NO2/c14-8-6-10(16)9(15)5-7(8)12-1-2-13(19-12)11(17)3-4-18/h1-2,5-6,11,18H,3-4,17H2. The predicted molar refractivity (Wildman–Crippen MR) is 77.8 cm³/mol. The van der Waals surface area contributed by atoms with Crippen LogP contribution in [0.15, 0.2) is 28.7 Å². The Balaban J connectivity index is 2.35. The molecule has 0 fully saturated rings. The summed E-state index contributed by atoms with van der Waals surface area (Å²) >= 11 is 18.0. The largest absolute Gasteiger partial charge is 0.459 e. The third-order valence-corrected chi connectivity index (χ3v) is 3.74. The molecule has 0 aliphatic rings. The number of aliphatic hydroxyl groups is 1. The van der Waals surface area contributed by atoms with Crippen molar-refractivity contribution in [3.8, 4) is 11.3 Å². The molecule has 1 aromatic heterocycles. The zero-order valence-electron chi connectivity index (χ0n) is 9.87. The average molecular weight is 321 g/mol. The molecule has 0 aliphatic heterocycles. The van der Waals surface area contributed by atoms with Crippen LogP contribution in [0.25, 0.3) is 11.3 Å². The van der Waals surface area contributed by atoms with Gasteiger partial charge in [-0.1, -0.05) is 34.8 Å². The zero-order chi connectivity index (χ0) is 14.0. The van der Waals surface area contributed by atoms with E-state index in [0.717, 1.165) is 0 Å². The number of halogens is 3. The van der Waals surface area contributed by atoms with Crippen molar-refractivity contribution in [1.82, 2.24) is 0 Å². The summed E-state index contributed by atoms with van der Waals surface area (Å²) in [5.74, 6) is 1.15. The Kier molecular flexibility index (Phi) is 4.76. The summed E-state index contributed by atoms with van der Waals surface area (Å²) in [6, 6.07) is 6.38. The smallest absolute Gasteiger partial charge is 0.135 e. The molecule has 1 heterocycles. The quantitative estimate of drug-likeness (QED) is 0.826. The first-order valence-electron chi connectivity index (χ1n) is 5.64. The molecule has 1 atom stereocenters. The van der Waals surface area contributed by atoms with E-state index < -0.39 is 0 Å². The van der Waals surface area contributed by atoms with Crippen LogP contribution < -0.4 is 5.73 Å². The summed E-state index contributed by atoms with van der Waals surface area (Å²) < 4.78 is 5.64. The van der Waals surface area contributed by atoms with Crippen LogP contribution in [-0.2, 0) is 0 Å².